The average Bonchev–Trinajstić information content (AvgIpc) is 2.45. The van der Waals surface area contributed by atoms with Gasteiger partial charge in [-0.2, -0.15) is 0 Å². The van der Waals surface area contributed by atoms with Gasteiger partial charge in [0.15, 0.2) is 0 Å². The lowest BCUT2D eigenvalue weighted by Crippen LogP contribution is -2.22. The summed E-state index contributed by atoms with van der Waals surface area (Å²) in [7, 11) is 0. The highest BCUT2D eigenvalue weighted by Gasteiger charge is 2.11. The number of unbranched alkanes of at least 4 members (excludes halogenated alkanes) is 4. The van der Waals surface area contributed by atoms with Crippen LogP contribution in [0.15, 0.2) is 18.2 Å². The quantitative estimate of drug-likeness (QED) is 0.493. The Kier molecular flexibility index (Phi) is 9.33. The van der Waals surface area contributed by atoms with Gasteiger partial charge in [0, 0.05) is 6.04 Å². The Labute approximate surface area is 134 Å². The highest BCUT2D eigenvalue weighted by Crippen LogP contribution is 2.28. The molecule has 114 valence electrons. The normalized spacial score (nSPS) is 12.6. The number of benzene rings is 1. The minimum absolute atomic E-state index is 0.395. The molecule has 0 spiro atoms. The molecular formula is C17H27Cl2N. The third-order valence-electron chi connectivity index (χ3n) is 3.58. The van der Waals surface area contributed by atoms with Gasteiger partial charge in [-0.1, -0.05) is 75.2 Å². The molecule has 0 aliphatic heterocycles. The molecule has 0 radical (unpaired) electrons. The first-order chi connectivity index (χ1) is 9.69. The van der Waals surface area contributed by atoms with Crippen LogP contribution in [0.5, 0.6) is 0 Å². The summed E-state index contributed by atoms with van der Waals surface area (Å²) < 4.78 is 0. The molecule has 1 aromatic rings. The van der Waals surface area contributed by atoms with Crippen LogP contribution in [0.25, 0.3) is 0 Å². The lowest BCUT2D eigenvalue weighted by Gasteiger charge is -2.19. The summed E-state index contributed by atoms with van der Waals surface area (Å²) in [5.74, 6) is 0. The van der Waals surface area contributed by atoms with Crippen molar-refractivity contribution in [3.8, 4) is 0 Å². The Morgan fingerprint density at radius 3 is 2.35 bits per heavy atom. The molecule has 0 heterocycles. The van der Waals surface area contributed by atoms with E-state index in [4.69, 9.17) is 23.2 Å². The van der Waals surface area contributed by atoms with Gasteiger partial charge in [-0.05, 0) is 37.1 Å². The maximum atomic E-state index is 6.13. The van der Waals surface area contributed by atoms with Crippen molar-refractivity contribution in [2.24, 2.45) is 0 Å². The molecule has 3 heteroatoms. The van der Waals surface area contributed by atoms with Crippen molar-refractivity contribution in [1.82, 2.24) is 5.32 Å². The van der Waals surface area contributed by atoms with E-state index in [2.05, 4.69) is 25.2 Å². The van der Waals surface area contributed by atoms with E-state index in [-0.39, 0.29) is 0 Å². The number of nitrogens with one attached hydrogen (secondary N) is 1. The van der Waals surface area contributed by atoms with Crippen molar-refractivity contribution < 1.29 is 0 Å². The van der Waals surface area contributed by atoms with E-state index >= 15 is 0 Å². The Morgan fingerprint density at radius 1 is 0.950 bits per heavy atom. The van der Waals surface area contributed by atoms with Crippen LogP contribution in [-0.2, 0) is 0 Å². The first kappa shape index (κ1) is 17.8. The predicted molar refractivity (Wildman–Crippen MR) is 90.9 cm³/mol. The highest BCUT2D eigenvalue weighted by atomic mass is 35.5. The molecule has 1 atom stereocenters. The van der Waals surface area contributed by atoms with Crippen LogP contribution in [0.1, 0.15) is 70.4 Å². The first-order valence-electron chi connectivity index (χ1n) is 7.87. The van der Waals surface area contributed by atoms with Gasteiger partial charge in [0.1, 0.15) is 0 Å². The minimum Gasteiger partial charge on any atom is -0.310 e. The third kappa shape index (κ3) is 6.47. The van der Waals surface area contributed by atoms with Crippen molar-refractivity contribution in [1.29, 1.82) is 0 Å². The smallest absolute Gasteiger partial charge is 0.0595 e. The van der Waals surface area contributed by atoms with Gasteiger partial charge < -0.3 is 5.32 Å². The van der Waals surface area contributed by atoms with Gasteiger partial charge in [0.25, 0.3) is 0 Å². The molecule has 0 saturated carbocycles. The third-order valence-corrected chi connectivity index (χ3v) is 4.32. The van der Waals surface area contributed by atoms with E-state index in [9.17, 15) is 0 Å². The van der Waals surface area contributed by atoms with E-state index in [1.54, 1.807) is 0 Å². The Balaban J connectivity index is 2.55. The van der Waals surface area contributed by atoms with Gasteiger partial charge in [-0.25, -0.2) is 0 Å². The maximum Gasteiger partial charge on any atom is 0.0595 e. The molecule has 0 amide bonds. The highest BCUT2D eigenvalue weighted by molar-refractivity contribution is 6.42. The van der Waals surface area contributed by atoms with E-state index in [0.29, 0.717) is 16.1 Å². The molecular weight excluding hydrogens is 289 g/mol. The van der Waals surface area contributed by atoms with Crippen molar-refractivity contribution in [3.63, 3.8) is 0 Å². The summed E-state index contributed by atoms with van der Waals surface area (Å²) >= 11 is 12.1. The summed E-state index contributed by atoms with van der Waals surface area (Å²) in [6, 6.07) is 6.39. The van der Waals surface area contributed by atoms with Crippen molar-refractivity contribution in [3.05, 3.63) is 33.8 Å². The van der Waals surface area contributed by atoms with Crippen LogP contribution < -0.4 is 5.32 Å². The molecule has 1 aromatic carbocycles. The molecule has 0 aliphatic carbocycles. The lowest BCUT2D eigenvalue weighted by molar-refractivity contribution is 0.468. The molecule has 1 nitrogen and oxygen atoms in total. The summed E-state index contributed by atoms with van der Waals surface area (Å²) in [4.78, 5) is 0. The van der Waals surface area contributed by atoms with Crippen LogP contribution in [0.3, 0.4) is 0 Å². The van der Waals surface area contributed by atoms with E-state index in [1.807, 2.05) is 12.1 Å². The summed E-state index contributed by atoms with van der Waals surface area (Å²) in [5, 5.41) is 4.90. The SMILES string of the molecule is CCCCCCCC(NCCC)c1ccc(Cl)c(Cl)c1. The fourth-order valence-electron chi connectivity index (χ4n) is 2.39. The summed E-state index contributed by atoms with van der Waals surface area (Å²) in [6.45, 7) is 5.49. The lowest BCUT2D eigenvalue weighted by atomic mass is 9.99. The van der Waals surface area contributed by atoms with Crippen LogP contribution in [0.2, 0.25) is 10.0 Å². The van der Waals surface area contributed by atoms with Crippen molar-refractivity contribution in [2.45, 2.75) is 64.8 Å². The molecule has 0 saturated heterocycles. The minimum atomic E-state index is 0.395. The molecule has 0 aliphatic rings. The van der Waals surface area contributed by atoms with E-state index in [1.165, 1.54) is 44.1 Å². The second kappa shape index (κ2) is 10.5. The fourth-order valence-corrected chi connectivity index (χ4v) is 2.69. The zero-order valence-electron chi connectivity index (χ0n) is 12.7. The topological polar surface area (TPSA) is 12.0 Å². The molecule has 1 rings (SSSR count). The fraction of sp³-hybridized carbons (Fsp3) is 0.647. The molecule has 0 aromatic heterocycles. The zero-order valence-corrected chi connectivity index (χ0v) is 14.2. The van der Waals surface area contributed by atoms with Crippen LogP contribution in [-0.4, -0.2) is 6.54 Å². The van der Waals surface area contributed by atoms with Gasteiger partial charge in [-0.3, -0.25) is 0 Å². The van der Waals surface area contributed by atoms with Gasteiger partial charge in [-0.15, -0.1) is 0 Å². The van der Waals surface area contributed by atoms with Crippen molar-refractivity contribution >= 4 is 23.2 Å². The van der Waals surface area contributed by atoms with Gasteiger partial charge in [0.05, 0.1) is 10.0 Å². The maximum absolute atomic E-state index is 6.13. The number of halogens is 2. The number of hydrogen-bond acceptors (Lipinski definition) is 1. The van der Waals surface area contributed by atoms with E-state index in [0.717, 1.165) is 13.0 Å². The molecule has 0 bridgehead atoms. The molecule has 1 N–H and O–H groups in total. The average molecular weight is 316 g/mol. The van der Waals surface area contributed by atoms with Crippen molar-refractivity contribution in [2.75, 3.05) is 6.54 Å². The Bertz CT molecular complexity index is 379. The number of hydrogen-bond donors (Lipinski definition) is 1. The summed E-state index contributed by atoms with van der Waals surface area (Å²) in [6.07, 6.45) is 8.89. The zero-order chi connectivity index (χ0) is 14.8. The van der Waals surface area contributed by atoms with Crippen LogP contribution in [0, 0.1) is 0 Å². The standard InChI is InChI=1S/C17H27Cl2N/c1-3-5-6-7-8-9-17(20-12-4-2)14-10-11-15(18)16(19)13-14/h10-11,13,17,20H,3-9,12H2,1-2H3. The predicted octanol–water partition coefficient (Wildman–Crippen LogP) is 6.39. The summed E-state index contributed by atoms with van der Waals surface area (Å²) in [5.41, 5.74) is 1.25. The molecule has 20 heavy (non-hydrogen) atoms. The molecule has 0 fully saturated rings. The molecule has 1 unspecified atom stereocenters. The Morgan fingerprint density at radius 2 is 1.70 bits per heavy atom. The van der Waals surface area contributed by atoms with E-state index < -0.39 is 0 Å². The number of rotatable bonds is 10. The van der Waals surface area contributed by atoms with Gasteiger partial charge >= 0.3 is 0 Å². The second-order valence-corrected chi connectivity index (χ2v) is 6.20. The largest absolute Gasteiger partial charge is 0.310 e. The van der Waals surface area contributed by atoms with Crippen LogP contribution >= 0.6 is 23.2 Å². The Hall–Kier alpha value is -0.240. The monoisotopic (exact) mass is 315 g/mol. The van der Waals surface area contributed by atoms with Gasteiger partial charge in [0.2, 0.25) is 0 Å². The second-order valence-electron chi connectivity index (χ2n) is 5.38. The first-order valence-corrected chi connectivity index (χ1v) is 8.63. The van der Waals surface area contributed by atoms with Crippen LogP contribution in [0.4, 0.5) is 0 Å².